The zero-order chi connectivity index (χ0) is 21.5. The van der Waals surface area contributed by atoms with Crippen LogP contribution < -0.4 is 16.4 Å². The van der Waals surface area contributed by atoms with Gasteiger partial charge in [0, 0.05) is 41.9 Å². The van der Waals surface area contributed by atoms with Gasteiger partial charge in [-0.15, -0.1) is 11.8 Å². The summed E-state index contributed by atoms with van der Waals surface area (Å²) < 4.78 is 5.80. The molecule has 1 saturated heterocycles. The van der Waals surface area contributed by atoms with Crippen molar-refractivity contribution < 1.29 is 14.3 Å². The lowest BCUT2D eigenvalue weighted by atomic mass is 10.2. The normalized spacial score (nSPS) is 21.7. The highest BCUT2D eigenvalue weighted by Crippen LogP contribution is 2.30. The molecular formula is C19H24Cl2N4O3S2. The summed E-state index contributed by atoms with van der Waals surface area (Å²) in [5.41, 5.74) is 7.04. The zero-order valence-corrected chi connectivity index (χ0v) is 19.4. The van der Waals surface area contributed by atoms with Crippen molar-refractivity contribution in [1.82, 2.24) is 15.5 Å². The summed E-state index contributed by atoms with van der Waals surface area (Å²) >= 11 is 15.2. The van der Waals surface area contributed by atoms with Crippen molar-refractivity contribution in [2.75, 3.05) is 32.0 Å². The zero-order valence-electron chi connectivity index (χ0n) is 16.2. The van der Waals surface area contributed by atoms with Gasteiger partial charge in [-0.1, -0.05) is 35.0 Å². The molecule has 30 heavy (non-hydrogen) atoms. The van der Waals surface area contributed by atoms with Gasteiger partial charge in [0.2, 0.25) is 11.8 Å². The molecule has 2 amide bonds. The molecule has 2 atom stereocenters. The van der Waals surface area contributed by atoms with Crippen LogP contribution in [-0.2, 0) is 20.9 Å². The monoisotopic (exact) mass is 490 g/mol. The first-order valence-corrected chi connectivity index (χ1v) is 12.2. The number of morpholine rings is 1. The summed E-state index contributed by atoms with van der Waals surface area (Å²) in [4.78, 5) is 25.4. The molecule has 2 heterocycles. The first-order chi connectivity index (χ1) is 14.4. The van der Waals surface area contributed by atoms with Crippen LogP contribution >= 0.6 is 46.7 Å². The first-order valence-electron chi connectivity index (χ1n) is 9.44. The van der Waals surface area contributed by atoms with Crippen molar-refractivity contribution in [3.05, 3.63) is 44.9 Å². The van der Waals surface area contributed by atoms with Gasteiger partial charge in [0.05, 0.1) is 24.9 Å². The number of primary amides is 1. The summed E-state index contributed by atoms with van der Waals surface area (Å²) in [6.07, 6.45) is 0.123. The Morgan fingerprint density at radius 2 is 2.10 bits per heavy atom. The number of ether oxygens (including phenoxy) is 1. The molecule has 1 aromatic rings. The highest BCUT2D eigenvalue weighted by molar-refractivity contribution is 8.18. The lowest BCUT2D eigenvalue weighted by molar-refractivity contribution is -0.120. The molecule has 0 spiro atoms. The quantitative estimate of drug-likeness (QED) is 0.488. The van der Waals surface area contributed by atoms with Gasteiger partial charge >= 0.3 is 0 Å². The van der Waals surface area contributed by atoms with Crippen LogP contribution in [0, 0.1) is 0 Å². The Kier molecular flexibility index (Phi) is 9.03. The van der Waals surface area contributed by atoms with E-state index in [2.05, 4.69) is 15.5 Å². The van der Waals surface area contributed by atoms with Crippen molar-refractivity contribution in [3.63, 3.8) is 0 Å². The van der Waals surface area contributed by atoms with E-state index < -0.39 is 0 Å². The van der Waals surface area contributed by atoms with Crippen LogP contribution in [0.2, 0.25) is 10.0 Å². The Labute approximate surface area is 194 Å². The molecule has 1 aromatic carbocycles. The van der Waals surface area contributed by atoms with Gasteiger partial charge in [-0.05, 0) is 29.2 Å². The minimum atomic E-state index is -0.377. The number of thioether (sulfide) groups is 2. The Hall–Kier alpha value is -1.10. The fourth-order valence-electron chi connectivity index (χ4n) is 3.16. The van der Waals surface area contributed by atoms with Gasteiger partial charge in [0.1, 0.15) is 4.71 Å². The van der Waals surface area contributed by atoms with E-state index >= 15 is 0 Å². The number of hydrogen-bond donors (Lipinski definition) is 3. The number of nitrogens with two attached hydrogens (primary N) is 1. The maximum absolute atomic E-state index is 12.2. The highest BCUT2D eigenvalue weighted by Gasteiger charge is 2.22. The van der Waals surface area contributed by atoms with E-state index in [9.17, 15) is 9.59 Å². The third-order valence-electron chi connectivity index (χ3n) is 4.45. The second-order valence-corrected chi connectivity index (χ2v) is 10.3. The lowest BCUT2D eigenvalue weighted by Crippen LogP contribution is -2.47. The molecule has 11 heteroatoms. The fraction of sp³-hybridized carbons (Fsp3) is 0.474. The molecule has 1 fully saturated rings. The number of carbonyl (C=O) groups is 2. The molecule has 0 saturated carbocycles. The van der Waals surface area contributed by atoms with E-state index in [4.69, 9.17) is 33.7 Å². The van der Waals surface area contributed by atoms with E-state index in [-0.39, 0.29) is 29.0 Å². The number of nitrogens with one attached hydrogen (secondary N) is 2. The van der Waals surface area contributed by atoms with Crippen LogP contribution in [0.25, 0.3) is 0 Å². The second-order valence-electron chi connectivity index (χ2n) is 7.02. The third-order valence-corrected chi connectivity index (χ3v) is 7.26. The number of carbonyl (C=O) groups excluding carboxylic acids is 2. The van der Waals surface area contributed by atoms with E-state index in [1.807, 2.05) is 17.5 Å². The second kappa shape index (κ2) is 11.5. The lowest BCUT2D eigenvalue weighted by Gasteiger charge is -2.33. The van der Waals surface area contributed by atoms with Gasteiger partial charge in [-0.2, -0.15) is 0 Å². The topological polar surface area (TPSA) is 96.7 Å². The number of hydrogen-bond acceptors (Lipinski definition) is 7. The Morgan fingerprint density at radius 1 is 1.33 bits per heavy atom. The summed E-state index contributed by atoms with van der Waals surface area (Å²) in [6, 6.07) is 5.54. The summed E-state index contributed by atoms with van der Waals surface area (Å²) in [6.45, 7) is 3.34. The predicted octanol–water partition coefficient (Wildman–Crippen LogP) is 2.38. The maximum atomic E-state index is 12.2. The molecule has 4 N–H and O–H groups in total. The predicted molar refractivity (Wildman–Crippen MR) is 123 cm³/mol. The molecule has 0 aromatic heterocycles. The minimum absolute atomic E-state index is 0.0102. The van der Waals surface area contributed by atoms with Crippen LogP contribution in [-0.4, -0.2) is 59.5 Å². The average molecular weight is 491 g/mol. The van der Waals surface area contributed by atoms with E-state index in [1.54, 1.807) is 6.07 Å². The minimum Gasteiger partial charge on any atom is -0.374 e. The van der Waals surface area contributed by atoms with E-state index in [0.29, 0.717) is 28.9 Å². The average Bonchev–Trinajstić information content (AvgIpc) is 3.11. The molecule has 7 nitrogen and oxygen atoms in total. The molecule has 2 aliphatic rings. The van der Waals surface area contributed by atoms with Gasteiger partial charge < -0.3 is 21.1 Å². The highest BCUT2D eigenvalue weighted by atomic mass is 35.5. The van der Waals surface area contributed by atoms with Gasteiger partial charge in [0.25, 0.3) is 0 Å². The number of benzene rings is 1. The summed E-state index contributed by atoms with van der Waals surface area (Å²) in [5, 5.41) is 9.24. The van der Waals surface area contributed by atoms with Crippen molar-refractivity contribution in [3.8, 4) is 0 Å². The van der Waals surface area contributed by atoms with Crippen molar-refractivity contribution in [1.29, 1.82) is 0 Å². The third kappa shape index (κ3) is 7.86. The molecule has 1 unspecified atom stereocenters. The van der Waals surface area contributed by atoms with Crippen LogP contribution in [0.1, 0.15) is 12.0 Å². The first kappa shape index (κ1) is 23.6. The molecule has 3 rings (SSSR count). The molecule has 2 aliphatic heterocycles. The molecular weight excluding hydrogens is 467 g/mol. The van der Waals surface area contributed by atoms with Crippen LogP contribution in [0.4, 0.5) is 0 Å². The largest absolute Gasteiger partial charge is 0.374 e. The number of nitrogens with zero attached hydrogens (tertiary/aromatic N) is 1. The number of rotatable bonds is 9. The number of halogens is 2. The van der Waals surface area contributed by atoms with Gasteiger partial charge in [0.15, 0.2) is 0 Å². The molecule has 0 bridgehead atoms. The summed E-state index contributed by atoms with van der Waals surface area (Å²) in [7, 11) is 0. The van der Waals surface area contributed by atoms with Gasteiger partial charge in [-0.25, -0.2) is 0 Å². The standard InChI is InChI=1S/C19H24Cl2N4O3S2/c20-13-3-12(4-14(21)5-13)8-25-1-2-28-16(9-25)7-23-18(27)11-30-19-24-15(10-29-19)6-17(22)26/h3-5,10,16,19,24H,1-2,6-9,11H2,(H2,22,26)(H,23,27)/t16-,19?/m0/s1. The van der Waals surface area contributed by atoms with Crippen LogP contribution in [0.3, 0.4) is 0 Å². The Balaban J connectivity index is 1.35. The maximum Gasteiger partial charge on any atom is 0.230 e. The van der Waals surface area contributed by atoms with Crippen LogP contribution in [0.5, 0.6) is 0 Å². The van der Waals surface area contributed by atoms with Gasteiger partial charge in [-0.3, -0.25) is 14.5 Å². The Morgan fingerprint density at radius 3 is 2.83 bits per heavy atom. The molecule has 0 aliphatic carbocycles. The number of amides is 2. The van der Waals surface area contributed by atoms with Crippen LogP contribution in [0.15, 0.2) is 29.3 Å². The molecule has 164 valence electrons. The van der Waals surface area contributed by atoms with Crippen molar-refractivity contribution >= 4 is 58.5 Å². The SMILES string of the molecule is NC(=O)CC1=CSC(SCC(=O)NC[C@H]2CN(Cc3cc(Cl)cc(Cl)c3)CCO2)N1. The fourth-order valence-corrected chi connectivity index (χ4v) is 5.72. The van der Waals surface area contributed by atoms with Crippen molar-refractivity contribution in [2.24, 2.45) is 5.73 Å². The summed E-state index contributed by atoms with van der Waals surface area (Å²) in [5.74, 6) is -0.106. The Bertz CT molecular complexity index is 792. The van der Waals surface area contributed by atoms with E-state index in [0.717, 1.165) is 30.9 Å². The smallest absolute Gasteiger partial charge is 0.230 e. The van der Waals surface area contributed by atoms with Crippen molar-refractivity contribution in [2.45, 2.75) is 23.8 Å². The molecule has 0 radical (unpaired) electrons. The van der Waals surface area contributed by atoms with E-state index in [1.165, 1.54) is 23.5 Å².